The second-order valence-corrected chi connectivity index (χ2v) is 5.96. The van der Waals surface area contributed by atoms with Crippen LogP contribution in [0.15, 0.2) is 24.3 Å². The molecule has 1 heterocycles. The summed E-state index contributed by atoms with van der Waals surface area (Å²) >= 11 is 3.52. The van der Waals surface area contributed by atoms with Gasteiger partial charge in [-0.05, 0) is 42.9 Å². The third kappa shape index (κ3) is 3.82. The Morgan fingerprint density at radius 2 is 2.00 bits per heavy atom. The minimum Gasteiger partial charge on any atom is -0.299 e. The smallest absolute Gasteiger partial charge is 0.0236 e. The molecule has 0 aromatic heterocycles. The van der Waals surface area contributed by atoms with E-state index in [0.29, 0.717) is 0 Å². The molecule has 1 nitrogen and oxygen atoms in total. The van der Waals surface area contributed by atoms with Crippen molar-refractivity contribution in [2.45, 2.75) is 32.7 Å². The Kier molecular flexibility index (Phi) is 5.05. The minimum absolute atomic E-state index is 0.839. The second kappa shape index (κ2) is 6.55. The van der Waals surface area contributed by atoms with Crippen molar-refractivity contribution in [1.82, 2.24) is 4.90 Å². The Labute approximate surface area is 113 Å². The van der Waals surface area contributed by atoms with Crippen LogP contribution in [-0.2, 0) is 13.0 Å². The van der Waals surface area contributed by atoms with Gasteiger partial charge in [0.25, 0.3) is 0 Å². The molecule has 2 heteroatoms. The predicted octanol–water partition coefficient (Wildman–Crippen LogP) is 3.86. The number of rotatable bonds is 5. The fourth-order valence-corrected chi connectivity index (χ4v) is 3.26. The molecule has 1 unspecified atom stereocenters. The summed E-state index contributed by atoms with van der Waals surface area (Å²) in [7, 11) is 0. The molecule has 0 fully saturated rings. The molecule has 0 saturated carbocycles. The third-order valence-electron chi connectivity index (χ3n) is 3.75. The van der Waals surface area contributed by atoms with Gasteiger partial charge in [-0.25, -0.2) is 0 Å². The van der Waals surface area contributed by atoms with Gasteiger partial charge in [-0.1, -0.05) is 47.1 Å². The Hall–Kier alpha value is -0.340. The summed E-state index contributed by atoms with van der Waals surface area (Å²) in [5.41, 5.74) is 3.09. The lowest BCUT2D eigenvalue weighted by Gasteiger charge is -2.29. The van der Waals surface area contributed by atoms with E-state index < -0.39 is 0 Å². The van der Waals surface area contributed by atoms with Gasteiger partial charge < -0.3 is 0 Å². The SMILES string of the molecule is CC(CCBr)CCN1CCc2ccccc2C1. The molecule has 0 spiro atoms. The van der Waals surface area contributed by atoms with Crippen LogP contribution in [0, 0.1) is 5.92 Å². The monoisotopic (exact) mass is 295 g/mol. The number of benzene rings is 1. The number of hydrogen-bond acceptors (Lipinski definition) is 1. The molecule has 0 amide bonds. The fourth-order valence-electron chi connectivity index (χ4n) is 2.48. The van der Waals surface area contributed by atoms with Crippen LogP contribution >= 0.6 is 15.9 Å². The standard InChI is InChI=1S/C15H22BrN/c1-13(6-9-16)7-10-17-11-8-14-4-2-3-5-15(14)12-17/h2-5,13H,6-12H2,1H3. The van der Waals surface area contributed by atoms with Gasteiger partial charge in [0.15, 0.2) is 0 Å². The van der Waals surface area contributed by atoms with Gasteiger partial charge >= 0.3 is 0 Å². The molecule has 0 aliphatic carbocycles. The van der Waals surface area contributed by atoms with Crippen LogP contribution in [-0.4, -0.2) is 23.3 Å². The van der Waals surface area contributed by atoms with E-state index in [1.54, 1.807) is 5.56 Å². The highest BCUT2D eigenvalue weighted by Gasteiger charge is 2.15. The van der Waals surface area contributed by atoms with E-state index in [4.69, 9.17) is 0 Å². The zero-order chi connectivity index (χ0) is 12.1. The van der Waals surface area contributed by atoms with Crippen LogP contribution in [0.4, 0.5) is 0 Å². The van der Waals surface area contributed by atoms with E-state index in [0.717, 1.165) is 17.8 Å². The first-order valence-corrected chi connectivity index (χ1v) is 7.77. The first-order valence-electron chi connectivity index (χ1n) is 6.64. The van der Waals surface area contributed by atoms with E-state index >= 15 is 0 Å². The Morgan fingerprint density at radius 1 is 1.24 bits per heavy atom. The van der Waals surface area contributed by atoms with E-state index in [-0.39, 0.29) is 0 Å². The van der Waals surface area contributed by atoms with E-state index in [9.17, 15) is 0 Å². The molecule has 1 aromatic carbocycles. The van der Waals surface area contributed by atoms with Crippen molar-refractivity contribution in [1.29, 1.82) is 0 Å². The number of nitrogens with zero attached hydrogens (tertiary/aromatic N) is 1. The van der Waals surface area contributed by atoms with Gasteiger partial charge in [0.1, 0.15) is 0 Å². The number of hydrogen-bond donors (Lipinski definition) is 0. The van der Waals surface area contributed by atoms with Gasteiger partial charge in [-0.2, -0.15) is 0 Å². The lowest BCUT2D eigenvalue weighted by Crippen LogP contribution is -2.32. The Bertz CT molecular complexity index is 351. The zero-order valence-electron chi connectivity index (χ0n) is 10.7. The normalized spacial score (nSPS) is 17.8. The maximum Gasteiger partial charge on any atom is 0.0236 e. The lowest BCUT2D eigenvalue weighted by molar-refractivity contribution is 0.236. The maximum atomic E-state index is 3.52. The molecular weight excluding hydrogens is 274 g/mol. The van der Waals surface area contributed by atoms with Gasteiger partial charge in [0, 0.05) is 18.4 Å². The van der Waals surface area contributed by atoms with Gasteiger partial charge in [-0.3, -0.25) is 4.90 Å². The summed E-state index contributed by atoms with van der Waals surface area (Å²) in [6, 6.07) is 8.88. The summed E-state index contributed by atoms with van der Waals surface area (Å²) in [5, 5.41) is 1.14. The van der Waals surface area contributed by atoms with Crippen molar-refractivity contribution < 1.29 is 0 Å². The fraction of sp³-hybridized carbons (Fsp3) is 0.600. The number of alkyl halides is 1. The zero-order valence-corrected chi connectivity index (χ0v) is 12.2. The topological polar surface area (TPSA) is 3.24 Å². The molecule has 0 bridgehead atoms. The molecule has 1 aliphatic heterocycles. The first-order chi connectivity index (χ1) is 8.29. The van der Waals surface area contributed by atoms with Crippen LogP contribution in [0.25, 0.3) is 0 Å². The van der Waals surface area contributed by atoms with E-state index in [1.807, 2.05) is 0 Å². The van der Waals surface area contributed by atoms with Crippen molar-refractivity contribution in [3.8, 4) is 0 Å². The molecule has 0 saturated heterocycles. The highest BCUT2D eigenvalue weighted by molar-refractivity contribution is 9.09. The summed E-state index contributed by atoms with van der Waals surface area (Å²) in [5.74, 6) is 0.839. The number of halogens is 1. The van der Waals surface area contributed by atoms with Gasteiger partial charge in [0.2, 0.25) is 0 Å². The molecule has 94 valence electrons. The van der Waals surface area contributed by atoms with Crippen molar-refractivity contribution in [2.75, 3.05) is 18.4 Å². The highest BCUT2D eigenvalue weighted by atomic mass is 79.9. The minimum atomic E-state index is 0.839. The van der Waals surface area contributed by atoms with Crippen molar-refractivity contribution >= 4 is 15.9 Å². The molecule has 0 radical (unpaired) electrons. The molecule has 0 N–H and O–H groups in total. The van der Waals surface area contributed by atoms with Crippen LogP contribution in [0.5, 0.6) is 0 Å². The maximum absolute atomic E-state index is 3.52. The van der Waals surface area contributed by atoms with Crippen molar-refractivity contribution in [3.63, 3.8) is 0 Å². The summed E-state index contributed by atoms with van der Waals surface area (Å²) in [4.78, 5) is 2.60. The largest absolute Gasteiger partial charge is 0.299 e. The third-order valence-corrected chi connectivity index (χ3v) is 4.21. The average molecular weight is 296 g/mol. The van der Waals surface area contributed by atoms with Crippen LogP contribution in [0.1, 0.15) is 30.9 Å². The molecular formula is C15H22BrN. The van der Waals surface area contributed by atoms with Crippen molar-refractivity contribution in [3.05, 3.63) is 35.4 Å². The Balaban J connectivity index is 1.82. The van der Waals surface area contributed by atoms with Crippen LogP contribution < -0.4 is 0 Å². The summed E-state index contributed by atoms with van der Waals surface area (Å²) < 4.78 is 0. The highest BCUT2D eigenvalue weighted by Crippen LogP contribution is 2.19. The average Bonchev–Trinajstić information content (AvgIpc) is 2.36. The molecule has 1 aliphatic rings. The van der Waals surface area contributed by atoms with Crippen LogP contribution in [0.3, 0.4) is 0 Å². The molecule has 17 heavy (non-hydrogen) atoms. The lowest BCUT2D eigenvalue weighted by atomic mass is 9.98. The van der Waals surface area contributed by atoms with Crippen molar-refractivity contribution in [2.24, 2.45) is 5.92 Å². The van der Waals surface area contributed by atoms with Crippen LogP contribution in [0.2, 0.25) is 0 Å². The van der Waals surface area contributed by atoms with E-state index in [2.05, 4.69) is 52.0 Å². The van der Waals surface area contributed by atoms with E-state index in [1.165, 1.54) is 37.9 Å². The molecule has 1 aromatic rings. The summed E-state index contributed by atoms with van der Waals surface area (Å²) in [6.45, 7) is 6.00. The summed E-state index contributed by atoms with van der Waals surface area (Å²) in [6.07, 6.45) is 3.85. The quantitative estimate of drug-likeness (QED) is 0.746. The predicted molar refractivity (Wildman–Crippen MR) is 77.6 cm³/mol. The molecule has 1 atom stereocenters. The Morgan fingerprint density at radius 3 is 2.76 bits per heavy atom. The van der Waals surface area contributed by atoms with Gasteiger partial charge in [-0.15, -0.1) is 0 Å². The second-order valence-electron chi connectivity index (χ2n) is 5.17. The first kappa shape index (κ1) is 13.1. The van der Waals surface area contributed by atoms with Gasteiger partial charge in [0.05, 0.1) is 0 Å². The molecule has 2 rings (SSSR count). The number of fused-ring (bicyclic) bond motifs is 1.